The summed E-state index contributed by atoms with van der Waals surface area (Å²) in [7, 11) is 5.68. The van der Waals surface area contributed by atoms with E-state index < -0.39 is 5.97 Å². The Bertz CT molecular complexity index is 679. The molecule has 0 aliphatic carbocycles. The lowest BCUT2D eigenvalue weighted by molar-refractivity contribution is -0.136. The number of aryl methyl sites for hydroxylation is 1. The molecule has 0 fully saturated rings. The lowest BCUT2D eigenvalue weighted by atomic mass is 9.95. The number of carboxylic acid groups (broad SMARTS) is 1. The Hall–Kier alpha value is -2.11. The molecule has 2 radical (unpaired) electrons. The maximum absolute atomic E-state index is 12.1. The Balaban J connectivity index is 2.78. The third-order valence-corrected chi connectivity index (χ3v) is 2.67. The van der Waals surface area contributed by atoms with E-state index >= 15 is 0 Å². The highest BCUT2D eigenvalue weighted by atomic mass is 16.4. The molecule has 0 aliphatic rings. The molecule has 0 saturated carbocycles. The van der Waals surface area contributed by atoms with Crippen molar-refractivity contribution in [1.82, 2.24) is 9.78 Å². The molecule has 0 bridgehead atoms. The monoisotopic (exact) mass is 242 g/mol. The van der Waals surface area contributed by atoms with Crippen molar-refractivity contribution in [2.24, 2.45) is 0 Å². The standard InChI is InChI=1S/C12H11BN2O3/c1-2-15-10-5-7(13)3-4-8(10)12(18)9(14-15)6-11(16)17/h3-5H,2,6H2,1H3,(H,16,17). The van der Waals surface area contributed by atoms with Gasteiger partial charge in [-0.15, -0.1) is 0 Å². The summed E-state index contributed by atoms with van der Waals surface area (Å²) in [6.07, 6.45) is -0.376. The Morgan fingerprint density at radius 1 is 1.50 bits per heavy atom. The number of hydrogen-bond donors (Lipinski definition) is 1. The molecule has 18 heavy (non-hydrogen) atoms. The Labute approximate surface area is 104 Å². The number of rotatable bonds is 3. The molecule has 2 rings (SSSR count). The minimum absolute atomic E-state index is 0.0432. The third kappa shape index (κ3) is 2.14. The highest BCUT2D eigenvalue weighted by Crippen LogP contribution is 2.08. The predicted molar refractivity (Wildman–Crippen MR) is 68.4 cm³/mol. The van der Waals surface area contributed by atoms with E-state index in [0.717, 1.165) is 0 Å². The predicted octanol–water partition coefficient (Wildman–Crippen LogP) is -0.163. The van der Waals surface area contributed by atoms with Gasteiger partial charge in [-0.3, -0.25) is 14.3 Å². The zero-order valence-electron chi connectivity index (χ0n) is 9.88. The molecular weight excluding hydrogens is 231 g/mol. The lowest BCUT2D eigenvalue weighted by Crippen LogP contribution is -2.22. The van der Waals surface area contributed by atoms with Crippen LogP contribution in [0.2, 0.25) is 0 Å². The molecule has 0 saturated heterocycles. The van der Waals surface area contributed by atoms with Crippen LogP contribution >= 0.6 is 0 Å². The molecule has 0 aliphatic heterocycles. The molecule has 1 heterocycles. The number of benzene rings is 1. The van der Waals surface area contributed by atoms with Crippen LogP contribution < -0.4 is 10.9 Å². The van der Waals surface area contributed by atoms with Crippen LogP contribution in [-0.4, -0.2) is 28.7 Å². The number of aromatic nitrogens is 2. The number of aliphatic carboxylic acids is 1. The number of fused-ring (bicyclic) bond motifs is 1. The molecule has 0 atom stereocenters. The van der Waals surface area contributed by atoms with E-state index in [-0.39, 0.29) is 17.5 Å². The first-order valence-corrected chi connectivity index (χ1v) is 5.54. The van der Waals surface area contributed by atoms with Gasteiger partial charge in [0, 0.05) is 11.9 Å². The second-order valence-electron chi connectivity index (χ2n) is 3.94. The first kappa shape index (κ1) is 12.4. The maximum Gasteiger partial charge on any atom is 0.309 e. The number of hydrogen-bond acceptors (Lipinski definition) is 3. The van der Waals surface area contributed by atoms with E-state index in [1.807, 2.05) is 6.92 Å². The van der Waals surface area contributed by atoms with Gasteiger partial charge in [0.25, 0.3) is 0 Å². The fraction of sp³-hybridized carbons (Fsp3) is 0.250. The lowest BCUT2D eigenvalue weighted by Gasteiger charge is -2.10. The van der Waals surface area contributed by atoms with E-state index in [9.17, 15) is 9.59 Å². The van der Waals surface area contributed by atoms with E-state index in [1.54, 1.807) is 22.9 Å². The van der Waals surface area contributed by atoms with Gasteiger partial charge in [-0.05, 0) is 19.1 Å². The summed E-state index contributed by atoms with van der Waals surface area (Å²) in [4.78, 5) is 22.8. The van der Waals surface area contributed by atoms with Crippen LogP contribution in [0.5, 0.6) is 0 Å². The van der Waals surface area contributed by atoms with Crippen LogP contribution in [0.3, 0.4) is 0 Å². The summed E-state index contributed by atoms with van der Waals surface area (Å²) in [5.41, 5.74) is 0.854. The molecule has 0 unspecified atom stereocenters. The van der Waals surface area contributed by atoms with Gasteiger partial charge in [0.05, 0.1) is 11.9 Å². The molecular formula is C12H11BN2O3. The minimum atomic E-state index is -1.07. The van der Waals surface area contributed by atoms with Gasteiger partial charge in [0.2, 0.25) is 5.43 Å². The third-order valence-electron chi connectivity index (χ3n) is 2.67. The van der Waals surface area contributed by atoms with Crippen molar-refractivity contribution in [3.8, 4) is 0 Å². The molecule has 2 aromatic rings. The smallest absolute Gasteiger partial charge is 0.309 e. The zero-order valence-corrected chi connectivity index (χ0v) is 9.88. The van der Waals surface area contributed by atoms with Crippen LogP contribution in [0.1, 0.15) is 12.6 Å². The SMILES string of the molecule is [B]c1ccc2c(=O)c(CC(=O)O)nn(CC)c2c1. The number of nitrogens with zero attached hydrogens (tertiary/aromatic N) is 2. The summed E-state index contributed by atoms with van der Waals surface area (Å²) < 4.78 is 1.59. The Morgan fingerprint density at radius 2 is 2.22 bits per heavy atom. The Kier molecular flexibility index (Phi) is 3.18. The maximum atomic E-state index is 12.1. The minimum Gasteiger partial charge on any atom is -0.481 e. The molecule has 0 spiro atoms. The largest absolute Gasteiger partial charge is 0.481 e. The first-order chi connectivity index (χ1) is 8.52. The van der Waals surface area contributed by atoms with Crippen molar-refractivity contribution >= 4 is 30.2 Å². The second-order valence-corrected chi connectivity index (χ2v) is 3.94. The first-order valence-electron chi connectivity index (χ1n) is 5.54. The highest BCUT2D eigenvalue weighted by molar-refractivity contribution is 6.33. The second kappa shape index (κ2) is 4.64. The van der Waals surface area contributed by atoms with Crippen molar-refractivity contribution in [2.75, 3.05) is 0 Å². The van der Waals surface area contributed by atoms with Crippen molar-refractivity contribution in [1.29, 1.82) is 0 Å². The fourth-order valence-electron chi connectivity index (χ4n) is 1.85. The van der Waals surface area contributed by atoms with Crippen LogP contribution in [0.15, 0.2) is 23.0 Å². The van der Waals surface area contributed by atoms with E-state index in [4.69, 9.17) is 13.0 Å². The molecule has 1 aromatic heterocycles. The average molecular weight is 242 g/mol. The van der Waals surface area contributed by atoms with Gasteiger partial charge in [-0.25, -0.2) is 0 Å². The number of carbonyl (C=O) groups is 1. The Morgan fingerprint density at radius 3 is 2.83 bits per heavy atom. The van der Waals surface area contributed by atoms with Gasteiger partial charge in [0.1, 0.15) is 13.5 Å². The van der Waals surface area contributed by atoms with Gasteiger partial charge >= 0.3 is 5.97 Å². The average Bonchev–Trinajstić information content (AvgIpc) is 2.32. The molecule has 6 heteroatoms. The molecule has 1 N–H and O–H groups in total. The van der Waals surface area contributed by atoms with Crippen molar-refractivity contribution < 1.29 is 9.90 Å². The topological polar surface area (TPSA) is 72.2 Å². The van der Waals surface area contributed by atoms with Gasteiger partial charge in [0.15, 0.2) is 0 Å². The quantitative estimate of drug-likeness (QED) is 0.759. The van der Waals surface area contributed by atoms with Crippen LogP contribution in [0.4, 0.5) is 0 Å². The van der Waals surface area contributed by atoms with Crippen molar-refractivity contribution in [3.05, 3.63) is 34.1 Å². The number of carboxylic acids is 1. The molecule has 5 nitrogen and oxygen atoms in total. The summed E-state index contributed by atoms with van der Waals surface area (Å²) in [5, 5.41) is 13.3. The fourth-order valence-corrected chi connectivity index (χ4v) is 1.85. The van der Waals surface area contributed by atoms with Crippen LogP contribution in [0.25, 0.3) is 10.9 Å². The van der Waals surface area contributed by atoms with Crippen LogP contribution in [-0.2, 0) is 17.8 Å². The normalized spacial score (nSPS) is 10.7. The van der Waals surface area contributed by atoms with Gasteiger partial charge in [-0.1, -0.05) is 11.5 Å². The summed E-state index contributed by atoms with van der Waals surface area (Å²) >= 11 is 0. The van der Waals surface area contributed by atoms with Gasteiger partial charge < -0.3 is 5.11 Å². The molecule has 1 aromatic carbocycles. The van der Waals surface area contributed by atoms with Crippen molar-refractivity contribution in [2.45, 2.75) is 19.9 Å². The van der Waals surface area contributed by atoms with E-state index in [1.165, 1.54) is 0 Å². The van der Waals surface area contributed by atoms with Crippen molar-refractivity contribution in [3.63, 3.8) is 0 Å². The summed E-state index contributed by atoms with van der Waals surface area (Å²) in [6.45, 7) is 2.40. The summed E-state index contributed by atoms with van der Waals surface area (Å²) in [5.74, 6) is -1.07. The molecule has 90 valence electrons. The summed E-state index contributed by atoms with van der Waals surface area (Å²) in [6, 6.07) is 4.89. The van der Waals surface area contributed by atoms with Gasteiger partial charge in [-0.2, -0.15) is 5.10 Å². The van der Waals surface area contributed by atoms with E-state index in [2.05, 4.69) is 5.10 Å². The van der Waals surface area contributed by atoms with Crippen LogP contribution in [0, 0.1) is 0 Å². The zero-order chi connectivity index (χ0) is 13.3. The molecule has 0 amide bonds. The highest BCUT2D eigenvalue weighted by Gasteiger charge is 2.12. The van der Waals surface area contributed by atoms with E-state index in [0.29, 0.717) is 22.9 Å².